The molecule has 0 bridgehead atoms. The Morgan fingerprint density at radius 3 is 2.68 bits per heavy atom. The second kappa shape index (κ2) is 7.52. The van der Waals surface area contributed by atoms with E-state index >= 15 is 0 Å². The Bertz CT molecular complexity index is 883. The number of aryl methyl sites for hydroxylation is 1. The van der Waals surface area contributed by atoms with Crippen LogP contribution in [0, 0.1) is 6.92 Å². The molecule has 1 aliphatic heterocycles. The monoisotopic (exact) mass is 392 g/mol. The van der Waals surface area contributed by atoms with Crippen LogP contribution in [0.4, 0.5) is 10.5 Å². The van der Waals surface area contributed by atoms with Crippen molar-refractivity contribution in [1.29, 1.82) is 0 Å². The van der Waals surface area contributed by atoms with E-state index in [1.165, 1.54) is 0 Å². The fraction of sp³-hybridized carbons (Fsp3) is 0.111. The van der Waals surface area contributed by atoms with Crippen molar-refractivity contribution in [3.63, 3.8) is 0 Å². The van der Waals surface area contributed by atoms with E-state index in [2.05, 4.69) is 5.32 Å². The molecule has 0 radical (unpaired) electrons. The van der Waals surface area contributed by atoms with Gasteiger partial charge in [0, 0.05) is 15.7 Å². The highest BCUT2D eigenvalue weighted by atomic mass is 35.5. The van der Waals surface area contributed by atoms with Crippen molar-refractivity contribution >= 4 is 57.9 Å². The average Bonchev–Trinajstić information content (AvgIpc) is 2.82. The van der Waals surface area contributed by atoms with Gasteiger partial charge in [-0.25, -0.2) is 0 Å². The first-order valence-electron chi connectivity index (χ1n) is 7.45. The fourth-order valence-electron chi connectivity index (χ4n) is 2.26. The second-order valence-electron chi connectivity index (χ2n) is 5.46. The predicted octanol–water partition coefficient (Wildman–Crippen LogP) is 5.41. The summed E-state index contributed by atoms with van der Waals surface area (Å²) in [5.74, 6) is -0.333. The van der Waals surface area contributed by atoms with Gasteiger partial charge < -0.3 is 5.32 Å². The standard InChI is InChI=1S/C18H14Cl2N2O2S/c1-11-5-6-14(9-15(11)20)21-10-22-17(23)16(25-18(22)24)8-12-3-2-4-13(19)7-12/h2-9,21H,10H2,1H3/b16-8+. The number of nitrogens with one attached hydrogen (secondary N) is 1. The van der Waals surface area contributed by atoms with Crippen molar-refractivity contribution in [2.24, 2.45) is 0 Å². The molecule has 3 rings (SSSR count). The van der Waals surface area contributed by atoms with E-state index in [0.717, 1.165) is 33.5 Å². The zero-order valence-corrected chi connectivity index (χ0v) is 15.6. The number of hydrogen-bond acceptors (Lipinski definition) is 4. The molecule has 1 heterocycles. The third-order valence-electron chi connectivity index (χ3n) is 3.63. The Morgan fingerprint density at radius 2 is 1.96 bits per heavy atom. The molecule has 2 aromatic rings. The van der Waals surface area contributed by atoms with E-state index in [0.29, 0.717) is 15.0 Å². The van der Waals surface area contributed by atoms with Crippen LogP contribution in [-0.4, -0.2) is 22.7 Å². The van der Waals surface area contributed by atoms with E-state index < -0.39 is 0 Å². The maximum atomic E-state index is 12.5. The molecule has 7 heteroatoms. The van der Waals surface area contributed by atoms with Gasteiger partial charge >= 0.3 is 0 Å². The smallest absolute Gasteiger partial charge is 0.295 e. The predicted molar refractivity (Wildman–Crippen MR) is 104 cm³/mol. The third-order valence-corrected chi connectivity index (χ3v) is 5.18. The molecular weight excluding hydrogens is 379 g/mol. The molecule has 2 aromatic carbocycles. The zero-order chi connectivity index (χ0) is 18.0. The van der Waals surface area contributed by atoms with E-state index in [1.807, 2.05) is 25.1 Å². The maximum Gasteiger partial charge on any atom is 0.295 e. The van der Waals surface area contributed by atoms with E-state index in [9.17, 15) is 9.59 Å². The number of carbonyl (C=O) groups excluding carboxylic acids is 2. The lowest BCUT2D eigenvalue weighted by Gasteiger charge is -2.15. The summed E-state index contributed by atoms with van der Waals surface area (Å²) in [7, 11) is 0. The number of hydrogen-bond donors (Lipinski definition) is 1. The minimum atomic E-state index is -0.333. The lowest BCUT2D eigenvalue weighted by atomic mass is 10.2. The Morgan fingerprint density at radius 1 is 1.16 bits per heavy atom. The summed E-state index contributed by atoms with van der Waals surface area (Å²) < 4.78 is 0. The Hall–Kier alpha value is -1.95. The van der Waals surface area contributed by atoms with E-state index in [-0.39, 0.29) is 17.8 Å². The number of nitrogens with zero attached hydrogens (tertiary/aromatic N) is 1. The molecule has 0 aromatic heterocycles. The van der Waals surface area contributed by atoms with Gasteiger partial charge in [0.05, 0.1) is 11.6 Å². The van der Waals surface area contributed by atoms with Gasteiger partial charge in [0.25, 0.3) is 11.1 Å². The van der Waals surface area contributed by atoms with Gasteiger partial charge in [-0.05, 0) is 60.2 Å². The number of amides is 2. The molecular formula is C18H14Cl2N2O2S. The number of thioether (sulfide) groups is 1. The largest absolute Gasteiger partial charge is 0.367 e. The summed E-state index contributed by atoms with van der Waals surface area (Å²) in [6, 6.07) is 12.6. The van der Waals surface area contributed by atoms with Crippen LogP contribution >= 0.6 is 35.0 Å². The first-order valence-corrected chi connectivity index (χ1v) is 9.02. The van der Waals surface area contributed by atoms with Gasteiger partial charge in [0.1, 0.15) is 0 Å². The Kier molecular flexibility index (Phi) is 5.37. The number of rotatable bonds is 4. The second-order valence-corrected chi connectivity index (χ2v) is 7.30. The lowest BCUT2D eigenvalue weighted by molar-refractivity contribution is -0.122. The minimum Gasteiger partial charge on any atom is -0.367 e. The van der Waals surface area contributed by atoms with Crippen LogP contribution in [0.25, 0.3) is 6.08 Å². The normalized spacial score (nSPS) is 16.0. The van der Waals surface area contributed by atoms with Crippen LogP contribution in [0.15, 0.2) is 47.4 Å². The summed E-state index contributed by atoms with van der Waals surface area (Å²) in [6.07, 6.45) is 1.67. The number of carbonyl (C=O) groups is 2. The summed E-state index contributed by atoms with van der Waals surface area (Å²) in [6.45, 7) is 1.99. The molecule has 4 nitrogen and oxygen atoms in total. The van der Waals surface area contributed by atoms with E-state index in [1.54, 1.807) is 30.3 Å². The average molecular weight is 393 g/mol. The molecule has 128 valence electrons. The first kappa shape index (κ1) is 17.9. The van der Waals surface area contributed by atoms with Gasteiger partial charge in [-0.15, -0.1) is 0 Å². The van der Waals surface area contributed by atoms with Gasteiger partial charge in [0.2, 0.25) is 0 Å². The summed E-state index contributed by atoms with van der Waals surface area (Å²) in [5.41, 5.74) is 2.48. The quantitative estimate of drug-likeness (QED) is 0.706. The molecule has 25 heavy (non-hydrogen) atoms. The van der Waals surface area contributed by atoms with Gasteiger partial charge in [-0.2, -0.15) is 0 Å². The van der Waals surface area contributed by atoms with Crippen molar-refractivity contribution in [3.05, 3.63) is 68.5 Å². The van der Waals surface area contributed by atoms with E-state index in [4.69, 9.17) is 23.2 Å². The highest BCUT2D eigenvalue weighted by Crippen LogP contribution is 2.32. The lowest BCUT2D eigenvalue weighted by Crippen LogP contribution is -2.33. The van der Waals surface area contributed by atoms with Crippen molar-refractivity contribution < 1.29 is 9.59 Å². The van der Waals surface area contributed by atoms with Crippen molar-refractivity contribution in [2.45, 2.75) is 6.92 Å². The number of imide groups is 1. The highest BCUT2D eigenvalue weighted by molar-refractivity contribution is 8.18. The molecule has 0 saturated carbocycles. The molecule has 1 saturated heterocycles. The molecule has 1 aliphatic rings. The SMILES string of the molecule is Cc1ccc(NCN2C(=O)S/C(=C/c3cccc(Cl)c3)C2=O)cc1Cl. The fourth-order valence-corrected chi connectivity index (χ4v) is 3.47. The minimum absolute atomic E-state index is 0.0803. The molecule has 0 unspecified atom stereocenters. The number of halogens is 2. The highest BCUT2D eigenvalue weighted by Gasteiger charge is 2.34. The van der Waals surface area contributed by atoms with Gasteiger partial charge in [0.15, 0.2) is 0 Å². The van der Waals surface area contributed by atoms with Gasteiger partial charge in [-0.3, -0.25) is 14.5 Å². The van der Waals surface area contributed by atoms with Crippen molar-refractivity contribution in [1.82, 2.24) is 4.90 Å². The maximum absolute atomic E-state index is 12.5. The molecule has 2 amide bonds. The zero-order valence-electron chi connectivity index (χ0n) is 13.3. The van der Waals surface area contributed by atoms with Crippen LogP contribution in [0.1, 0.15) is 11.1 Å². The number of anilines is 1. The molecule has 0 spiro atoms. The van der Waals surface area contributed by atoms with Crippen LogP contribution in [0.3, 0.4) is 0 Å². The molecule has 1 fully saturated rings. The van der Waals surface area contributed by atoms with Crippen LogP contribution in [0.5, 0.6) is 0 Å². The molecule has 0 atom stereocenters. The summed E-state index contributed by atoms with van der Waals surface area (Å²) in [4.78, 5) is 26.1. The third kappa shape index (κ3) is 4.18. The Labute approximate surface area is 159 Å². The number of benzene rings is 2. The molecule has 0 aliphatic carbocycles. The van der Waals surface area contributed by atoms with Gasteiger partial charge in [-0.1, -0.05) is 41.4 Å². The van der Waals surface area contributed by atoms with Crippen LogP contribution in [0.2, 0.25) is 10.0 Å². The summed E-state index contributed by atoms with van der Waals surface area (Å²) >= 11 is 12.9. The van der Waals surface area contributed by atoms with Crippen molar-refractivity contribution in [2.75, 3.05) is 12.0 Å². The topological polar surface area (TPSA) is 49.4 Å². The molecule has 1 N–H and O–H groups in total. The van der Waals surface area contributed by atoms with Crippen molar-refractivity contribution in [3.8, 4) is 0 Å². The summed E-state index contributed by atoms with van der Waals surface area (Å²) in [5, 5.41) is 3.93. The first-order chi connectivity index (χ1) is 11.9. The van der Waals surface area contributed by atoms with Crippen LogP contribution in [-0.2, 0) is 4.79 Å². The Balaban J connectivity index is 1.72. The van der Waals surface area contributed by atoms with Crippen LogP contribution < -0.4 is 5.32 Å².